The van der Waals surface area contributed by atoms with E-state index in [4.69, 9.17) is 133 Å². The lowest BCUT2D eigenvalue weighted by molar-refractivity contribution is 0.00466. The smallest absolute Gasteiger partial charge is 0.338 e. The lowest BCUT2D eigenvalue weighted by Gasteiger charge is -2.15. The van der Waals surface area contributed by atoms with Crippen LogP contribution in [-0.4, -0.2) is 289 Å². The van der Waals surface area contributed by atoms with Gasteiger partial charge in [0.2, 0.25) is 0 Å². The van der Waals surface area contributed by atoms with Crippen molar-refractivity contribution < 1.29 is 142 Å². The molecule has 12 rings (SSSR count). The number of rotatable bonds is 6. The van der Waals surface area contributed by atoms with Crippen LogP contribution in [-0.2, 0) is 75.8 Å². The number of benzene rings is 6. The Hall–Kier alpha value is -9.58. The van der Waals surface area contributed by atoms with Gasteiger partial charge in [-0.15, -0.1) is 0 Å². The van der Waals surface area contributed by atoms with Crippen molar-refractivity contribution in [2.75, 3.05) is 277 Å². The molecule has 0 amide bonds. The van der Waals surface area contributed by atoms with Crippen molar-refractivity contribution in [2.45, 2.75) is 12.8 Å². The van der Waals surface area contributed by atoms with Crippen molar-refractivity contribution in [2.24, 2.45) is 0 Å². The molecule has 0 unspecified atom stereocenters. The second-order valence-corrected chi connectivity index (χ2v) is 24.7. The Balaban J connectivity index is 0.688. The van der Waals surface area contributed by atoms with E-state index in [2.05, 4.69) is 23.7 Å². The lowest BCUT2D eigenvalue weighted by atomic mass is 10.2. The topological polar surface area (TPSA) is 293 Å². The van der Waals surface area contributed by atoms with Gasteiger partial charge in [0.05, 0.1) is 207 Å². The van der Waals surface area contributed by atoms with E-state index >= 15 is 0 Å². The normalized spacial score (nSPS) is 17.7. The number of ether oxygens (including phenoxy) is 28. The Labute approximate surface area is 677 Å². The highest BCUT2D eigenvalue weighted by Gasteiger charge is 2.18. The molecule has 6 aliphatic rings. The minimum Gasteiger partial charge on any atom is -0.491 e. The van der Waals surface area contributed by atoms with Crippen LogP contribution in [0.2, 0.25) is 0 Å². The van der Waals surface area contributed by atoms with Gasteiger partial charge in [0.15, 0.2) is 46.0 Å². The highest BCUT2D eigenvalue weighted by atomic mass is 16.6. The first-order valence-corrected chi connectivity index (χ1v) is 39.2. The van der Waals surface area contributed by atoms with E-state index in [1.807, 2.05) is 48.5 Å². The van der Waals surface area contributed by atoms with Crippen molar-refractivity contribution in [3.05, 3.63) is 144 Å². The number of para-hydroxylation sites is 4. The zero-order valence-electron chi connectivity index (χ0n) is 65.9. The third kappa shape index (κ3) is 37.6. The van der Waals surface area contributed by atoms with Crippen LogP contribution in [0.1, 0.15) is 44.7 Å². The molecule has 6 aromatic carbocycles. The molecule has 30 nitrogen and oxygen atoms in total. The molecule has 6 heterocycles. The summed E-state index contributed by atoms with van der Waals surface area (Å²) in [6.45, 7) is 12.3. The maximum absolute atomic E-state index is 13.4. The Bertz CT molecular complexity index is 3590. The molecular weight excluding hydrogens is 1510 g/mol. The maximum atomic E-state index is 13.4. The summed E-state index contributed by atoms with van der Waals surface area (Å²) in [5, 5.41) is 0. The molecule has 0 spiro atoms. The summed E-state index contributed by atoms with van der Waals surface area (Å²) in [7, 11) is 0. The first kappa shape index (κ1) is 90.3. The molecule has 0 radical (unpaired) electrons. The van der Waals surface area contributed by atoms with Crippen molar-refractivity contribution in [3.63, 3.8) is 0 Å². The monoisotopic (exact) mass is 1620 g/mol. The third-order valence-electron chi connectivity index (χ3n) is 16.1. The van der Waals surface area contributed by atoms with Crippen LogP contribution in [0.15, 0.2) is 121 Å². The average Bonchev–Trinajstić information content (AvgIpc) is 0.879. The maximum Gasteiger partial charge on any atom is 0.338 e. The summed E-state index contributed by atoms with van der Waals surface area (Å²) in [4.78, 5) is 26.9. The molecule has 0 saturated carbocycles. The van der Waals surface area contributed by atoms with Crippen molar-refractivity contribution in [1.82, 2.24) is 0 Å². The number of fused-ring (bicyclic) bond motifs is 4. The van der Waals surface area contributed by atoms with E-state index in [0.29, 0.717) is 252 Å². The van der Waals surface area contributed by atoms with Gasteiger partial charge >= 0.3 is 11.9 Å². The van der Waals surface area contributed by atoms with Gasteiger partial charge in [-0.2, -0.15) is 0 Å². The summed E-state index contributed by atoms with van der Waals surface area (Å²) >= 11 is 0. The average molecular weight is 1620 g/mol. The first-order valence-electron chi connectivity index (χ1n) is 39.2. The summed E-state index contributed by atoms with van der Waals surface area (Å²) in [5.74, 6) is 17.6. The van der Waals surface area contributed by atoms with E-state index < -0.39 is 11.9 Å². The molecule has 6 aliphatic heterocycles. The van der Waals surface area contributed by atoms with Crippen molar-refractivity contribution in [1.29, 1.82) is 0 Å². The highest BCUT2D eigenvalue weighted by Crippen LogP contribution is 2.33. The van der Waals surface area contributed by atoms with Crippen LogP contribution < -0.4 is 56.8 Å². The van der Waals surface area contributed by atoms with Crippen LogP contribution in [0.5, 0.6) is 69.0 Å². The fourth-order valence-electron chi connectivity index (χ4n) is 10.5. The van der Waals surface area contributed by atoms with Gasteiger partial charge in [0.25, 0.3) is 0 Å². The van der Waals surface area contributed by atoms with E-state index in [1.54, 1.807) is 72.8 Å². The minimum absolute atomic E-state index is 0.00432. The fraction of sp³-hybridized carbons (Fsp3) is 0.512. The molecule has 116 heavy (non-hydrogen) atoms. The minimum atomic E-state index is -0.568. The molecule has 0 atom stereocenters. The van der Waals surface area contributed by atoms with Crippen LogP contribution in [0.4, 0.5) is 0 Å². The molecule has 30 heteroatoms. The molecule has 632 valence electrons. The molecule has 6 aromatic rings. The number of esters is 2. The summed E-state index contributed by atoms with van der Waals surface area (Å²) in [5.41, 5.74) is 1.65. The largest absolute Gasteiger partial charge is 0.491 e. The predicted octanol–water partition coefficient (Wildman–Crippen LogP) is 8.80. The zero-order chi connectivity index (χ0) is 80.3. The third-order valence-corrected chi connectivity index (χ3v) is 16.1. The summed E-state index contributed by atoms with van der Waals surface area (Å²) in [6.07, 6.45) is 0.429. The van der Waals surface area contributed by atoms with E-state index in [0.717, 1.165) is 0 Å². The molecule has 4 bridgehead atoms. The molecule has 0 N–H and O–H groups in total. The van der Waals surface area contributed by atoms with E-state index in [9.17, 15) is 9.59 Å². The molecule has 0 fully saturated rings. The number of hydrogen-bond acceptors (Lipinski definition) is 30. The van der Waals surface area contributed by atoms with Gasteiger partial charge in [-0.05, 0) is 97.1 Å². The van der Waals surface area contributed by atoms with E-state index in [-0.39, 0.29) is 130 Å². The molecular formula is C86H108O30. The van der Waals surface area contributed by atoms with Crippen molar-refractivity contribution in [3.8, 4) is 92.7 Å². The number of carbonyl (C=O) groups excluding carboxylic acids is 2. The van der Waals surface area contributed by atoms with Gasteiger partial charge < -0.3 is 133 Å². The van der Waals surface area contributed by atoms with Gasteiger partial charge in [0, 0.05) is 12.8 Å². The standard InChI is InChI=1S/C86H108O30/c87-85(71-15-19-81-83(67-71)113-63-51-101-39-37-97-47-59-109-79-13-3-1-11-77(79)107-57-45-95-33-35-99-49-61-111-81)115-23-7-5-9-69-65-73-17-21-75(69)105-55-43-93-31-27-89-26-30-92-42-54-104-74-18-22-76(106-56-44-94-32-28-90-25-29-91-41-53-103-73)70(66-74)10-6-8-24-116-86(88)72-16-20-82-84(68-72)114-64-52-102-40-38-98-48-60-110-80-14-4-2-12-78(80)108-58-46-96-34-36-100-50-62-112-82/h1-4,11-22,65-68H,7-8,23-64H2. The quantitative estimate of drug-likeness (QED) is 0.0854. The predicted molar refractivity (Wildman–Crippen MR) is 420 cm³/mol. The molecule has 0 saturated heterocycles. The Morgan fingerprint density at radius 1 is 0.224 bits per heavy atom. The second-order valence-electron chi connectivity index (χ2n) is 24.7. The lowest BCUT2D eigenvalue weighted by Crippen LogP contribution is -2.16. The van der Waals surface area contributed by atoms with Gasteiger partial charge in [-0.1, -0.05) is 47.9 Å². The Morgan fingerprint density at radius 3 is 0.690 bits per heavy atom. The number of hydrogen-bond donors (Lipinski definition) is 0. The van der Waals surface area contributed by atoms with Crippen molar-refractivity contribution >= 4 is 11.9 Å². The van der Waals surface area contributed by atoms with E-state index in [1.165, 1.54) is 0 Å². The SMILES string of the molecule is O=C(OCCC#Cc1cc2ccc1OCCOCCOCCOCCOc1ccc(c(C#CCCOC(=O)c3ccc4c(c3)OCCOCCOCCOc3ccccc3OCCOCCOCCO4)c1)OCCOCCOCCOCCO2)c1ccc2c(c1)OCCOCCOCCOc1ccccc1OCCOCCOCCO2. The molecule has 0 aromatic heterocycles. The van der Waals surface area contributed by atoms with Gasteiger partial charge in [-0.3, -0.25) is 0 Å². The fourth-order valence-corrected chi connectivity index (χ4v) is 10.5. The summed E-state index contributed by atoms with van der Waals surface area (Å²) < 4.78 is 164. The first-order chi connectivity index (χ1) is 57.5. The van der Waals surface area contributed by atoms with Crippen LogP contribution >= 0.6 is 0 Å². The molecule has 0 aliphatic carbocycles. The highest BCUT2D eigenvalue weighted by molar-refractivity contribution is 5.91. The zero-order valence-corrected chi connectivity index (χ0v) is 65.9. The summed E-state index contributed by atoms with van der Waals surface area (Å²) in [6, 6.07) is 35.3. The Kier molecular flexibility index (Phi) is 45.4. The Morgan fingerprint density at radius 2 is 0.431 bits per heavy atom. The van der Waals surface area contributed by atoms with Crippen LogP contribution in [0.25, 0.3) is 0 Å². The number of carbonyl (C=O) groups is 2. The van der Waals surface area contributed by atoms with Gasteiger partial charge in [0.1, 0.15) is 115 Å². The second kappa shape index (κ2) is 58.3. The van der Waals surface area contributed by atoms with Crippen LogP contribution in [0.3, 0.4) is 0 Å². The van der Waals surface area contributed by atoms with Crippen LogP contribution in [0, 0.1) is 23.7 Å². The van der Waals surface area contributed by atoms with Gasteiger partial charge in [-0.25, -0.2) is 9.59 Å².